The third kappa shape index (κ3) is 3.13. The number of hydrogen-bond acceptors (Lipinski definition) is 3. The maximum atomic E-state index is 13.0. The largest absolute Gasteiger partial charge is 0.334 e. The molecule has 2 aliphatic heterocycles. The quantitative estimate of drug-likeness (QED) is 0.831. The van der Waals surface area contributed by atoms with Crippen LogP contribution in [-0.2, 0) is 4.79 Å². The number of likely N-dealkylation sites (tertiary alicyclic amines) is 2. The summed E-state index contributed by atoms with van der Waals surface area (Å²) in [6.07, 6.45) is 4.57. The van der Waals surface area contributed by atoms with E-state index in [1.165, 1.54) is 16.9 Å². The van der Waals surface area contributed by atoms with Gasteiger partial charge in [0.2, 0.25) is 5.91 Å². The van der Waals surface area contributed by atoms with Gasteiger partial charge in [-0.05, 0) is 49.2 Å². The topological polar surface area (TPSA) is 23.6 Å². The lowest BCUT2D eigenvalue weighted by atomic mass is 10.0. The predicted molar refractivity (Wildman–Crippen MR) is 98.0 cm³/mol. The molecule has 0 spiro atoms. The van der Waals surface area contributed by atoms with E-state index in [0.717, 1.165) is 32.4 Å². The van der Waals surface area contributed by atoms with Gasteiger partial charge in [0.1, 0.15) is 0 Å². The van der Waals surface area contributed by atoms with E-state index in [9.17, 15) is 4.79 Å². The van der Waals surface area contributed by atoms with Crippen molar-refractivity contribution in [2.75, 3.05) is 19.6 Å². The molecule has 2 fully saturated rings. The minimum atomic E-state index is 0.300. The SMILES string of the molecule is O=C(CN1CCCC1c1ccccc1)N1CCCC1c1cccs1. The number of amides is 1. The molecule has 0 saturated carbocycles. The van der Waals surface area contributed by atoms with Crippen LogP contribution in [0.25, 0.3) is 0 Å². The summed E-state index contributed by atoms with van der Waals surface area (Å²) in [7, 11) is 0. The zero-order valence-corrected chi connectivity index (χ0v) is 14.8. The summed E-state index contributed by atoms with van der Waals surface area (Å²) in [5.41, 5.74) is 1.35. The van der Waals surface area contributed by atoms with E-state index in [-0.39, 0.29) is 0 Å². The maximum Gasteiger partial charge on any atom is 0.237 e. The first kappa shape index (κ1) is 15.9. The fourth-order valence-corrected chi connectivity index (χ4v) is 5.05. The Balaban J connectivity index is 1.45. The van der Waals surface area contributed by atoms with E-state index < -0.39 is 0 Å². The minimum Gasteiger partial charge on any atom is -0.334 e. The summed E-state index contributed by atoms with van der Waals surface area (Å²) < 4.78 is 0. The molecule has 0 radical (unpaired) electrons. The van der Waals surface area contributed by atoms with Crippen LogP contribution in [-0.4, -0.2) is 35.3 Å². The van der Waals surface area contributed by atoms with Crippen LogP contribution in [0.1, 0.15) is 48.2 Å². The zero-order chi connectivity index (χ0) is 16.4. The van der Waals surface area contributed by atoms with E-state index in [1.807, 2.05) is 0 Å². The van der Waals surface area contributed by atoms with Crippen molar-refractivity contribution in [3.63, 3.8) is 0 Å². The van der Waals surface area contributed by atoms with Crippen molar-refractivity contribution in [2.45, 2.75) is 37.8 Å². The van der Waals surface area contributed by atoms with Crippen LogP contribution in [0.5, 0.6) is 0 Å². The van der Waals surface area contributed by atoms with E-state index >= 15 is 0 Å². The summed E-state index contributed by atoms with van der Waals surface area (Å²) in [6.45, 7) is 2.50. The lowest BCUT2D eigenvalue weighted by Crippen LogP contribution is -2.39. The second kappa shape index (κ2) is 7.08. The standard InChI is InChI=1S/C20H24N2OS/c23-20(22-13-5-10-18(22)19-11-6-14-24-19)15-21-12-4-9-17(21)16-7-2-1-3-8-16/h1-3,6-8,11,14,17-18H,4-5,9-10,12-13,15H2. The Morgan fingerprint density at radius 1 is 1.00 bits per heavy atom. The smallest absolute Gasteiger partial charge is 0.237 e. The maximum absolute atomic E-state index is 13.0. The highest BCUT2D eigenvalue weighted by molar-refractivity contribution is 7.10. The highest BCUT2D eigenvalue weighted by Gasteiger charge is 2.34. The number of hydrogen-bond donors (Lipinski definition) is 0. The molecule has 3 nitrogen and oxygen atoms in total. The van der Waals surface area contributed by atoms with Gasteiger partial charge >= 0.3 is 0 Å². The second-order valence-corrected chi connectivity index (χ2v) is 7.78. The van der Waals surface area contributed by atoms with Crippen molar-refractivity contribution < 1.29 is 4.79 Å². The molecule has 2 saturated heterocycles. The molecule has 126 valence electrons. The van der Waals surface area contributed by atoms with Gasteiger partial charge in [0.25, 0.3) is 0 Å². The Hall–Kier alpha value is -1.65. The Kier molecular flexibility index (Phi) is 4.67. The lowest BCUT2D eigenvalue weighted by Gasteiger charge is -2.29. The monoisotopic (exact) mass is 340 g/mol. The van der Waals surface area contributed by atoms with Crippen LogP contribution in [0.4, 0.5) is 0 Å². The van der Waals surface area contributed by atoms with Crippen LogP contribution in [0.3, 0.4) is 0 Å². The first-order valence-electron chi connectivity index (χ1n) is 8.95. The van der Waals surface area contributed by atoms with Gasteiger partial charge in [-0.15, -0.1) is 11.3 Å². The molecule has 4 rings (SSSR count). The molecule has 2 aliphatic rings. The van der Waals surface area contributed by atoms with Gasteiger partial charge in [0.15, 0.2) is 0 Å². The Labute approximate surface area is 147 Å². The van der Waals surface area contributed by atoms with Crippen LogP contribution in [0.15, 0.2) is 47.8 Å². The molecule has 24 heavy (non-hydrogen) atoms. The molecule has 4 heteroatoms. The predicted octanol–water partition coefficient (Wildman–Crippen LogP) is 4.25. The third-order valence-electron chi connectivity index (χ3n) is 5.33. The van der Waals surface area contributed by atoms with Crippen molar-refractivity contribution in [3.05, 3.63) is 58.3 Å². The Morgan fingerprint density at radius 3 is 2.58 bits per heavy atom. The normalized spacial score (nSPS) is 24.6. The average molecular weight is 340 g/mol. The first-order chi connectivity index (χ1) is 11.8. The lowest BCUT2D eigenvalue weighted by molar-refractivity contribution is -0.133. The number of nitrogens with zero attached hydrogens (tertiary/aromatic N) is 2. The van der Waals surface area contributed by atoms with Crippen molar-refractivity contribution >= 4 is 17.2 Å². The summed E-state index contributed by atoms with van der Waals surface area (Å²) >= 11 is 1.77. The Morgan fingerprint density at radius 2 is 1.79 bits per heavy atom. The van der Waals surface area contributed by atoms with Gasteiger partial charge in [-0.2, -0.15) is 0 Å². The van der Waals surface area contributed by atoms with Crippen molar-refractivity contribution in [3.8, 4) is 0 Å². The van der Waals surface area contributed by atoms with E-state index in [1.54, 1.807) is 11.3 Å². The molecule has 2 atom stereocenters. The van der Waals surface area contributed by atoms with Gasteiger partial charge in [0, 0.05) is 17.5 Å². The van der Waals surface area contributed by atoms with E-state index in [4.69, 9.17) is 0 Å². The van der Waals surface area contributed by atoms with E-state index in [2.05, 4.69) is 57.6 Å². The van der Waals surface area contributed by atoms with Crippen LogP contribution >= 0.6 is 11.3 Å². The molecule has 0 bridgehead atoms. The van der Waals surface area contributed by atoms with Gasteiger partial charge in [-0.25, -0.2) is 0 Å². The van der Waals surface area contributed by atoms with Crippen molar-refractivity contribution in [2.24, 2.45) is 0 Å². The molecule has 0 aliphatic carbocycles. The fraction of sp³-hybridized carbons (Fsp3) is 0.450. The molecular formula is C20H24N2OS. The van der Waals surface area contributed by atoms with Gasteiger partial charge < -0.3 is 4.90 Å². The van der Waals surface area contributed by atoms with Crippen molar-refractivity contribution in [1.82, 2.24) is 9.80 Å². The van der Waals surface area contributed by atoms with Gasteiger partial charge in [-0.3, -0.25) is 9.69 Å². The molecular weight excluding hydrogens is 316 g/mol. The van der Waals surface area contributed by atoms with Crippen LogP contribution in [0, 0.1) is 0 Å². The number of thiophene rings is 1. The van der Waals surface area contributed by atoms with Gasteiger partial charge in [0.05, 0.1) is 12.6 Å². The van der Waals surface area contributed by atoms with E-state index in [0.29, 0.717) is 24.5 Å². The first-order valence-corrected chi connectivity index (χ1v) is 9.83. The fourth-order valence-electron chi connectivity index (χ4n) is 4.17. The minimum absolute atomic E-state index is 0.300. The van der Waals surface area contributed by atoms with Gasteiger partial charge in [-0.1, -0.05) is 36.4 Å². The molecule has 3 heterocycles. The molecule has 1 aromatic heterocycles. The highest BCUT2D eigenvalue weighted by atomic mass is 32.1. The van der Waals surface area contributed by atoms with Crippen molar-refractivity contribution in [1.29, 1.82) is 0 Å². The third-order valence-corrected chi connectivity index (χ3v) is 6.30. The number of carbonyl (C=O) groups is 1. The average Bonchev–Trinajstić information content (AvgIpc) is 3.36. The summed E-state index contributed by atoms with van der Waals surface area (Å²) in [5.74, 6) is 0.300. The molecule has 2 unspecified atom stereocenters. The number of carbonyl (C=O) groups excluding carboxylic acids is 1. The zero-order valence-electron chi connectivity index (χ0n) is 13.9. The van der Waals surface area contributed by atoms with Crippen LogP contribution in [0.2, 0.25) is 0 Å². The summed E-state index contributed by atoms with van der Waals surface area (Å²) in [6, 6.07) is 15.6. The molecule has 0 N–H and O–H groups in total. The number of rotatable bonds is 4. The molecule has 1 aromatic carbocycles. The summed E-state index contributed by atoms with van der Waals surface area (Å²) in [4.78, 5) is 18.8. The summed E-state index contributed by atoms with van der Waals surface area (Å²) in [5, 5.41) is 2.11. The van der Waals surface area contributed by atoms with Crippen LogP contribution < -0.4 is 0 Å². The molecule has 2 aromatic rings. The number of benzene rings is 1. The highest BCUT2D eigenvalue weighted by Crippen LogP contribution is 2.36. The molecule has 1 amide bonds. The second-order valence-electron chi connectivity index (χ2n) is 6.80. The Bertz CT molecular complexity index is 670.